The van der Waals surface area contributed by atoms with Gasteiger partial charge in [0.25, 0.3) is 5.91 Å². The summed E-state index contributed by atoms with van der Waals surface area (Å²) in [6.07, 6.45) is 5.47. The molecule has 0 saturated carbocycles. The molecule has 1 heterocycles. The number of nitrogens with zero attached hydrogens (tertiary/aromatic N) is 2. The Bertz CT molecular complexity index is 1030. The first kappa shape index (κ1) is 17.3. The van der Waals surface area contributed by atoms with E-state index in [1.807, 2.05) is 19.1 Å². The summed E-state index contributed by atoms with van der Waals surface area (Å²) in [5.41, 5.74) is 1.28. The monoisotopic (exact) mass is 370 g/mol. The molecule has 4 nitrogen and oxygen atoms in total. The zero-order chi connectivity index (χ0) is 17.8. The molecule has 0 spiro atoms. The molecule has 0 N–H and O–H groups in total. The van der Waals surface area contributed by atoms with E-state index in [0.717, 1.165) is 16.0 Å². The number of aromatic nitrogens is 1. The number of hydrogen-bond acceptors (Lipinski definition) is 3. The maximum Gasteiger partial charge on any atom is 0.279 e. The normalized spacial score (nSPS) is 11.5. The highest BCUT2D eigenvalue weighted by atomic mass is 35.5. The number of thiazole rings is 1. The lowest BCUT2D eigenvalue weighted by Crippen LogP contribution is -2.16. The van der Waals surface area contributed by atoms with E-state index in [0.29, 0.717) is 28.5 Å². The zero-order valence-corrected chi connectivity index (χ0v) is 15.1. The smallest absolute Gasteiger partial charge is 0.279 e. The van der Waals surface area contributed by atoms with Crippen molar-refractivity contribution in [3.63, 3.8) is 0 Å². The summed E-state index contributed by atoms with van der Waals surface area (Å²) in [7, 11) is 0. The number of terminal acetylenes is 1. The lowest BCUT2D eigenvalue weighted by atomic mass is 10.2. The third kappa shape index (κ3) is 3.60. The second-order valence-corrected chi connectivity index (χ2v) is 6.55. The van der Waals surface area contributed by atoms with Crippen LogP contribution >= 0.6 is 22.9 Å². The first-order valence-corrected chi connectivity index (χ1v) is 8.86. The van der Waals surface area contributed by atoms with Crippen LogP contribution in [0.1, 0.15) is 17.3 Å². The number of halogens is 1. The van der Waals surface area contributed by atoms with Crippen molar-refractivity contribution in [2.45, 2.75) is 13.5 Å². The molecule has 0 radical (unpaired) electrons. The Labute approximate surface area is 154 Å². The van der Waals surface area contributed by atoms with Gasteiger partial charge in [-0.1, -0.05) is 34.9 Å². The fourth-order valence-corrected chi connectivity index (χ4v) is 3.81. The van der Waals surface area contributed by atoms with Crippen molar-refractivity contribution in [3.05, 3.63) is 57.9 Å². The number of ether oxygens (including phenoxy) is 1. The molecule has 0 unspecified atom stereocenters. The van der Waals surface area contributed by atoms with Crippen LogP contribution in [0.4, 0.5) is 0 Å². The predicted octanol–water partition coefficient (Wildman–Crippen LogP) is 4.13. The van der Waals surface area contributed by atoms with Crippen LogP contribution in [0, 0.1) is 12.3 Å². The largest absolute Gasteiger partial charge is 0.494 e. The van der Waals surface area contributed by atoms with Crippen LogP contribution in [0.5, 0.6) is 5.75 Å². The quantitative estimate of drug-likeness (QED) is 0.648. The lowest BCUT2D eigenvalue weighted by molar-refractivity contribution is 0.0998. The van der Waals surface area contributed by atoms with E-state index in [1.54, 1.807) is 34.9 Å². The van der Waals surface area contributed by atoms with Crippen molar-refractivity contribution in [2.24, 2.45) is 4.99 Å². The minimum atomic E-state index is -0.337. The first-order chi connectivity index (χ1) is 12.1. The van der Waals surface area contributed by atoms with Gasteiger partial charge in [-0.15, -0.1) is 6.42 Å². The number of rotatable bonds is 4. The summed E-state index contributed by atoms with van der Waals surface area (Å²) in [5.74, 6) is 2.97. The molecular weight excluding hydrogens is 356 g/mol. The SMILES string of the molecule is C#CCn1c(=NC(=O)c2ccc(OCC)cc2)sc2cccc(Cl)c21. The predicted molar refractivity (Wildman–Crippen MR) is 101 cm³/mol. The fraction of sp³-hybridized carbons (Fsp3) is 0.158. The molecular formula is C19H15ClN2O2S. The molecule has 0 fully saturated rings. The van der Waals surface area contributed by atoms with Crippen molar-refractivity contribution in [3.8, 4) is 18.1 Å². The summed E-state index contributed by atoms with van der Waals surface area (Å²) < 4.78 is 8.10. The number of carbonyl (C=O) groups excluding carboxylic acids is 1. The van der Waals surface area contributed by atoms with Crippen molar-refractivity contribution >= 4 is 39.1 Å². The number of para-hydroxylation sites is 1. The van der Waals surface area contributed by atoms with Crippen molar-refractivity contribution in [2.75, 3.05) is 6.61 Å². The van der Waals surface area contributed by atoms with Crippen molar-refractivity contribution in [1.29, 1.82) is 0 Å². The van der Waals surface area contributed by atoms with E-state index in [4.69, 9.17) is 22.8 Å². The van der Waals surface area contributed by atoms with Gasteiger partial charge >= 0.3 is 0 Å². The standard InChI is InChI=1S/C19H15ClN2O2S/c1-3-12-22-17-15(20)6-5-7-16(17)25-19(22)21-18(23)13-8-10-14(11-9-13)24-4-2/h1,5-11H,4,12H2,2H3. The Hall–Kier alpha value is -2.55. The van der Waals surface area contributed by atoms with Crippen LogP contribution < -0.4 is 9.54 Å². The van der Waals surface area contributed by atoms with E-state index in [2.05, 4.69) is 10.9 Å². The molecule has 0 atom stereocenters. The average molecular weight is 371 g/mol. The number of carbonyl (C=O) groups is 1. The number of benzene rings is 2. The summed E-state index contributed by atoms with van der Waals surface area (Å²) in [4.78, 5) is 17.3. The Kier molecular flexibility index (Phi) is 5.22. The highest BCUT2D eigenvalue weighted by Gasteiger charge is 2.11. The van der Waals surface area contributed by atoms with E-state index in [9.17, 15) is 4.79 Å². The topological polar surface area (TPSA) is 43.6 Å². The third-order valence-electron chi connectivity index (χ3n) is 3.51. The van der Waals surface area contributed by atoms with Crippen molar-refractivity contribution in [1.82, 2.24) is 4.57 Å². The lowest BCUT2D eigenvalue weighted by Gasteiger charge is -2.03. The van der Waals surface area contributed by atoms with Gasteiger partial charge in [0.1, 0.15) is 5.75 Å². The molecule has 0 bridgehead atoms. The zero-order valence-electron chi connectivity index (χ0n) is 13.5. The highest BCUT2D eigenvalue weighted by Crippen LogP contribution is 2.25. The summed E-state index contributed by atoms with van der Waals surface area (Å²) >= 11 is 7.67. The number of amides is 1. The minimum absolute atomic E-state index is 0.291. The van der Waals surface area contributed by atoms with Crippen LogP contribution in [0.2, 0.25) is 5.02 Å². The van der Waals surface area contributed by atoms with Gasteiger partial charge in [0.15, 0.2) is 4.80 Å². The Morgan fingerprint density at radius 2 is 2.08 bits per heavy atom. The maximum atomic E-state index is 12.5. The van der Waals surface area contributed by atoms with Crippen LogP contribution in [0.15, 0.2) is 47.5 Å². The van der Waals surface area contributed by atoms with E-state index in [-0.39, 0.29) is 5.91 Å². The fourth-order valence-electron chi connectivity index (χ4n) is 2.42. The highest BCUT2D eigenvalue weighted by molar-refractivity contribution is 7.16. The second-order valence-electron chi connectivity index (χ2n) is 5.14. The van der Waals surface area contributed by atoms with Gasteiger partial charge < -0.3 is 9.30 Å². The third-order valence-corrected chi connectivity index (χ3v) is 4.86. The summed E-state index contributed by atoms with van der Waals surface area (Å²) in [6, 6.07) is 12.5. The molecule has 126 valence electrons. The molecule has 6 heteroatoms. The van der Waals surface area contributed by atoms with Gasteiger partial charge in [-0.2, -0.15) is 4.99 Å². The molecule has 0 aliphatic rings. The molecule has 2 aromatic carbocycles. The Morgan fingerprint density at radius 3 is 2.76 bits per heavy atom. The van der Waals surface area contributed by atoms with Gasteiger partial charge in [-0.25, -0.2) is 0 Å². The van der Waals surface area contributed by atoms with Crippen LogP contribution in [0.25, 0.3) is 10.2 Å². The maximum absolute atomic E-state index is 12.5. The Balaban J connectivity index is 2.05. The number of fused-ring (bicyclic) bond motifs is 1. The van der Waals surface area contributed by atoms with Crippen LogP contribution in [0.3, 0.4) is 0 Å². The number of hydrogen-bond donors (Lipinski definition) is 0. The van der Waals surface area contributed by atoms with E-state index >= 15 is 0 Å². The molecule has 0 saturated heterocycles. The van der Waals surface area contributed by atoms with Gasteiger partial charge in [0, 0.05) is 5.56 Å². The molecule has 0 aliphatic carbocycles. The second kappa shape index (κ2) is 7.56. The van der Waals surface area contributed by atoms with Gasteiger partial charge in [0.05, 0.1) is 28.4 Å². The van der Waals surface area contributed by atoms with Gasteiger partial charge in [-0.05, 0) is 43.3 Å². The molecule has 1 amide bonds. The Morgan fingerprint density at radius 1 is 1.32 bits per heavy atom. The molecule has 3 aromatic rings. The molecule has 3 rings (SSSR count). The van der Waals surface area contributed by atoms with Crippen LogP contribution in [-0.4, -0.2) is 17.1 Å². The molecule has 1 aromatic heterocycles. The summed E-state index contributed by atoms with van der Waals surface area (Å²) in [6.45, 7) is 2.77. The first-order valence-electron chi connectivity index (χ1n) is 7.67. The van der Waals surface area contributed by atoms with Gasteiger partial charge in [-0.3, -0.25) is 4.79 Å². The molecule has 25 heavy (non-hydrogen) atoms. The molecule has 0 aliphatic heterocycles. The van der Waals surface area contributed by atoms with E-state index in [1.165, 1.54) is 11.3 Å². The average Bonchev–Trinajstić information content (AvgIpc) is 2.95. The van der Waals surface area contributed by atoms with Crippen LogP contribution in [-0.2, 0) is 6.54 Å². The minimum Gasteiger partial charge on any atom is -0.494 e. The summed E-state index contributed by atoms with van der Waals surface area (Å²) in [5, 5.41) is 0.582. The van der Waals surface area contributed by atoms with Crippen molar-refractivity contribution < 1.29 is 9.53 Å². The van der Waals surface area contributed by atoms with E-state index < -0.39 is 0 Å². The van der Waals surface area contributed by atoms with Gasteiger partial charge in [0.2, 0.25) is 0 Å².